The number of esters is 1. The molecule has 3 nitrogen and oxygen atoms in total. The Hall–Kier alpha value is -1.10. The van der Waals surface area contributed by atoms with E-state index in [2.05, 4.69) is 9.72 Å². The SMILES string of the molecule is COC(=O)c1sc(-c2ccccc2Cl)nc1Cl. The van der Waals surface area contributed by atoms with E-state index >= 15 is 0 Å². The van der Waals surface area contributed by atoms with Gasteiger partial charge in [0.1, 0.15) is 5.01 Å². The fourth-order valence-corrected chi connectivity index (χ4v) is 2.79. The Kier molecular flexibility index (Phi) is 3.66. The van der Waals surface area contributed by atoms with Gasteiger partial charge in [0, 0.05) is 5.56 Å². The molecule has 0 atom stereocenters. The highest BCUT2D eigenvalue weighted by molar-refractivity contribution is 7.17. The first-order valence-corrected chi connectivity index (χ1v) is 6.20. The molecule has 0 saturated carbocycles. The van der Waals surface area contributed by atoms with E-state index in [-0.39, 0.29) is 10.0 Å². The van der Waals surface area contributed by atoms with Crippen molar-refractivity contribution >= 4 is 40.5 Å². The highest BCUT2D eigenvalue weighted by atomic mass is 35.5. The molecule has 0 unspecified atom stereocenters. The molecular weight excluding hydrogens is 281 g/mol. The average molecular weight is 288 g/mol. The normalized spacial score (nSPS) is 10.3. The third-order valence-corrected chi connectivity index (χ3v) is 3.84. The van der Waals surface area contributed by atoms with Crippen molar-refractivity contribution in [1.29, 1.82) is 0 Å². The topological polar surface area (TPSA) is 39.2 Å². The standard InChI is InChI=1S/C11H7Cl2NO2S/c1-16-11(15)8-9(13)14-10(17-8)6-4-2-3-5-7(6)12/h2-5H,1H3. The molecule has 2 aromatic rings. The van der Waals surface area contributed by atoms with Crippen molar-refractivity contribution in [3.05, 3.63) is 39.3 Å². The number of hydrogen-bond donors (Lipinski definition) is 0. The number of hydrogen-bond acceptors (Lipinski definition) is 4. The third-order valence-electron chi connectivity index (χ3n) is 2.06. The quantitative estimate of drug-likeness (QED) is 0.787. The summed E-state index contributed by atoms with van der Waals surface area (Å²) >= 11 is 13.1. The zero-order valence-electron chi connectivity index (χ0n) is 8.74. The largest absolute Gasteiger partial charge is 0.465 e. The predicted octanol–water partition coefficient (Wildman–Crippen LogP) is 3.90. The number of methoxy groups -OCH3 is 1. The molecule has 1 heterocycles. The van der Waals surface area contributed by atoms with Gasteiger partial charge in [-0.1, -0.05) is 41.4 Å². The van der Waals surface area contributed by atoms with Gasteiger partial charge >= 0.3 is 5.97 Å². The lowest BCUT2D eigenvalue weighted by Gasteiger charge is -1.97. The number of benzene rings is 1. The minimum atomic E-state index is -0.495. The summed E-state index contributed by atoms with van der Waals surface area (Å²) < 4.78 is 4.61. The second-order valence-electron chi connectivity index (χ2n) is 3.11. The van der Waals surface area contributed by atoms with Crippen LogP contribution in [0.15, 0.2) is 24.3 Å². The van der Waals surface area contributed by atoms with Gasteiger partial charge in [-0.15, -0.1) is 11.3 Å². The van der Waals surface area contributed by atoms with E-state index in [0.717, 1.165) is 16.9 Å². The zero-order chi connectivity index (χ0) is 12.4. The summed E-state index contributed by atoms with van der Waals surface area (Å²) in [5.74, 6) is -0.495. The second-order valence-corrected chi connectivity index (χ2v) is 4.87. The van der Waals surface area contributed by atoms with Crippen molar-refractivity contribution in [3.8, 4) is 10.6 Å². The van der Waals surface area contributed by atoms with Crippen LogP contribution in [-0.4, -0.2) is 18.1 Å². The van der Waals surface area contributed by atoms with Gasteiger partial charge in [-0.25, -0.2) is 9.78 Å². The van der Waals surface area contributed by atoms with Crippen LogP contribution in [0.4, 0.5) is 0 Å². The van der Waals surface area contributed by atoms with Crippen molar-refractivity contribution < 1.29 is 9.53 Å². The van der Waals surface area contributed by atoms with Crippen molar-refractivity contribution in [3.63, 3.8) is 0 Å². The number of halogens is 2. The highest BCUT2D eigenvalue weighted by Gasteiger charge is 2.18. The second kappa shape index (κ2) is 5.04. The molecule has 2 rings (SSSR count). The van der Waals surface area contributed by atoms with Gasteiger partial charge in [-0.05, 0) is 6.07 Å². The molecule has 0 N–H and O–H groups in total. The number of nitrogens with zero attached hydrogens (tertiary/aromatic N) is 1. The molecule has 0 radical (unpaired) electrons. The van der Waals surface area contributed by atoms with E-state index < -0.39 is 5.97 Å². The van der Waals surface area contributed by atoms with Crippen molar-refractivity contribution in [2.45, 2.75) is 0 Å². The smallest absolute Gasteiger partial charge is 0.351 e. The van der Waals surface area contributed by atoms with E-state index in [1.54, 1.807) is 6.07 Å². The number of carbonyl (C=O) groups is 1. The Morgan fingerprint density at radius 3 is 2.71 bits per heavy atom. The Balaban J connectivity index is 2.49. The first-order chi connectivity index (χ1) is 8.13. The minimum absolute atomic E-state index is 0.136. The van der Waals surface area contributed by atoms with Gasteiger partial charge in [0.2, 0.25) is 0 Å². The van der Waals surface area contributed by atoms with Gasteiger partial charge in [0.15, 0.2) is 10.0 Å². The molecule has 88 valence electrons. The van der Waals surface area contributed by atoms with Crippen LogP contribution >= 0.6 is 34.5 Å². The molecular formula is C11H7Cl2NO2S. The lowest BCUT2D eigenvalue weighted by Crippen LogP contribution is -1.98. The Morgan fingerprint density at radius 2 is 2.06 bits per heavy atom. The molecule has 0 bridgehead atoms. The maximum Gasteiger partial charge on any atom is 0.351 e. The molecule has 0 fully saturated rings. The monoisotopic (exact) mass is 287 g/mol. The Morgan fingerprint density at radius 1 is 1.35 bits per heavy atom. The average Bonchev–Trinajstić information content (AvgIpc) is 2.71. The Bertz CT molecular complexity index is 568. The summed E-state index contributed by atoms with van der Waals surface area (Å²) in [6.45, 7) is 0. The number of rotatable bonds is 2. The number of aromatic nitrogens is 1. The number of ether oxygens (including phenoxy) is 1. The van der Waals surface area contributed by atoms with Crippen LogP contribution < -0.4 is 0 Å². The molecule has 0 aliphatic heterocycles. The summed E-state index contributed by atoms with van der Waals surface area (Å²) in [6.07, 6.45) is 0. The van der Waals surface area contributed by atoms with E-state index in [0.29, 0.717) is 10.0 Å². The van der Waals surface area contributed by atoms with Gasteiger partial charge < -0.3 is 4.74 Å². The first-order valence-electron chi connectivity index (χ1n) is 4.63. The van der Waals surface area contributed by atoms with Crippen LogP contribution in [0.1, 0.15) is 9.67 Å². The molecule has 6 heteroatoms. The van der Waals surface area contributed by atoms with E-state index in [9.17, 15) is 4.79 Å². The fraction of sp³-hybridized carbons (Fsp3) is 0.0909. The van der Waals surface area contributed by atoms with E-state index in [1.807, 2.05) is 18.2 Å². The molecule has 1 aromatic carbocycles. The maximum atomic E-state index is 11.4. The molecule has 1 aromatic heterocycles. The van der Waals surface area contributed by atoms with Crippen molar-refractivity contribution in [2.24, 2.45) is 0 Å². The van der Waals surface area contributed by atoms with Gasteiger partial charge in [-0.2, -0.15) is 0 Å². The van der Waals surface area contributed by atoms with Gasteiger partial charge in [0.05, 0.1) is 12.1 Å². The summed E-state index contributed by atoms with van der Waals surface area (Å²) in [7, 11) is 1.30. The van der Waals surface area contributed by atoms with Crippen molar-refractivity contribution in [1.82, 2.24) is 4.98 Å². The first kappa shape index (κ1) is 12.4. The highest BCUT2D eigenvalue weighted by Crippen LogP contribution is 2.34. The molecule has 0 aliphatic carbocycles. The summed E-state index contributed by atoms with van der Waals surface area (Å²) in [5, 5.41) is 1.30. The number of carbonyl (C=O) groups excluding carboxylic acids is 1. The maximum absolute atomic E-state index is 11.4. The minimum Gasteiger partial charge on any atom is -0.465 e. The van der Waals surface area contributed by atoms with E-state index in [1.165, 1.54) is 7.11 Å². The van der Waals surface area contributed by atoms with E-state index in [4.69, 9.17) is 23.2 Å². The molecule has 0 aliphatic rings. The Labute approximate surface area is 112 Å². The molecule has 0 saturated heterocycles. The third kappa shape index (κ3) is 2.44. The lowest BCUT2D eigenvalue weighted by molar-refractivity contribution is 0.0606. The zero-order valence-corrected chi connectivity index (χ0v) is 11.1. The number of thiazole rings is 1. The van der Waals surface area contributed by atoms with Crippen LogP contribution in [-0.2, 0) is 4.74 Å². The fourth-order valence-electron chi connectivity index (χ4n) is 1.27. The van der Waals surface area contributed by atoms with Crippen LogP contribution in [0, 0.1) is 0 Å². The lowest BCUT2D eigenvalue weighted by atomic mass is 10.2. The molecule has 0 spiro atoms. The summed E-state index contributed by atoms with van der Waals surface area (Å²) in [4.78, 5) is 15.8. The van der Waals surface area contributed by atoms with Crippen LogP contribution in [0.5, 0.6) is 0 Å². The summed E-state index contributed by atoms with van der Waals surface area (Å²) in [5.41, 5.74) is 0.746. The van der Waals surface area contributed by atoms with Gasteiger partial charge in [-0.3, -0.25) is 0 Å². The molecule has 0 amide bonds. The predicted molar refractivity (Wildman–Crippen MR) is 68.9 cm³/mol. The van der Waals surface area contributed by atoms with Crippen LogP contribution in [0.3, 0.4) is 0 Å². The molecule has 17 heavy (non-hydrogen) atoms. The van der Waals surface area contributed by atoms with Gasteiger partial charge in [0.25, 0.3) is 0 Å². The van der Waals surface area contributed by atoms with Crippen molar-refractivity contribution in [2.75, 3.05) is 7.11 Å². The van der Waals surface area contributed by atoms with Crippen LogP contribution in [0.2, 0.25) is 10.2 Å². The van der Waals surface area contributed by atoms with Crippen LogP contribution in [0.25, 0.3) is 10.6 Å². The summed E-state index contributed by atoms with van der Waals surface area (Å²) in [6, 6.07) is 7.24.